The van der Waals surface area contributed by atoms with E-state index < -0.39 is 0 Å². The van der Waals surface area contributed by atoms with Gasteiger partial charge in [-0.05, 0) is 66.8 Å². The summed E-state index contributed by atoms with van der Waals surface area (Å²) in [4.78, 5) is 0. The van der Waals surface area contributed by atoms with Crippen LogP contribution in [0, 0.1) is 10.5 Å². The van der Waals surface area contributed by atoms with Crippen LogP contribution >= 0.6 is 22.6 Å². The highest BCUT2D eigenvalue weighted by atomic mass is 127. The van der Waals surface area contributed by atoms with Crippen LogP contribution in [-0.2, 0) is 0 Å². The van der Waals surface area contributed by atoms with Crippen molar-refractivity contribution in [1.82, 2.24) is 0 Å². The molecular formula is C15H16INO. The number of rotatable bonds is 3. The van der Waals surface area contributed by atoms with Gasteiger partial charge in [0.2, 0.25) is 0 Å². The molecule has 1 unspecified atom stereocenters. The number of halogens is 1. The zero-order chi connectivity index (χ0) is 13.1. The quantitative estimate of drug-likeness (QED) is 0.798. The lowest BCUT2D eigenvalue weighted by Crippen LogP contribution is -2.07. The molecule has 0 fully saturated rings. The smallest absolute Gasteiger partial charge is 0.120 e. The fourth-order valence-corrected chi connectivity index (χ4v) is 2.25. The third-order valence-electron chi connectivity index (χ3n) is 2.88. The van der Waals surface area contributed by atoms with Crippen molar-refractivity contribution in [2.24, 2.45) is 0 Å². The minimum Gasteiger partial charge on any atom is -0.508 e. The lowest BCUT2D eigenvalue weighted by Gasteiger charge is -2.17. The predicted octanol–water partition coefficient (Wildman–Crippen LogP) is 4.48. The van der Waals surface area contributed by atoms with Gasteiger partial charge in [-0.25, -0.2) is 0 Å². The van der Waals surface area contributed by atoms with Gasteiger partial charge in [0.15, 0.2) is 0 Å². The second-order valence-electron chi connectivity index (χ2n) is 4.44. The molecule has 18 heavy (non-hydrogen) atoms. The average Bonchev–Trinajstić information content (AvgIpc) is 2.35. The summed E-state index contributed by atoms with van der Waals surface area (Å²) in [5.74, 6) is 0.339. The normalized spacial score (nSPS) is 12.2. The molecule has 2 N–H and O–H groups in total. The van der Waals surface area contributed by atoms with Crippen LogP contribution in [0.3, 0.4) is 0 Å². The van der Waals surface area contributed by atoms with E-state index in [1.807, 2.05) is 38.1 Å². The maximum atomic E-state index is 9.89. The first-order chi connectivity index (χ1) is 8.56. The number of phenolic OH excluding ortho intramolecular Hbond substituents is 1. The average molecular weight is 353 g/mol. The Morgan fingerprint density at radius 3 is 2.44 bits per heavy atom. The maximum absolute atomic E-state index is 9.89. The second-order valence-corrected chi connectivity index (χ2v) is 5.68. The number of anilines is 1. The van der Waals surface area contributed by atoms with Gasteiger partial charge in [-0.15, -0.1) is 0 Å². The molecule has 94 valence electrons. The number of aromatic hydroxyl groups is 1. The van der Waals surface area contributed by atoms with Gasteiger partial charge in [-0.3, -0.25) is 0 Å². The molecule has 0 heterocycles. The molecule has 0 saturated carbocycles. The Balaban J connectivity index is 2.18. The number of phenols is 1. The van der Waals surface area contributed by atoms with Gasteiger partial charge in [-0.1, -0.05) is 17.7 Å². The van der Waals surface area contributed by atoms with Crippen LogP contribution in [0.2, 0.25) is 0 Å². The molecule has 0 saturated heterocycles. The maximum Gasteiger partial charge on any atom is 0.120 e. The summed E-state index contributed by atoms with van der Waals surface area (Å²) >= 11 is 2.28. The van der Waals surface area contributed by atoms with E-state index in [9.17, 15) is 5.11 Å². The first-order valence-electron chi connectivity index (χ1n) is 5.88. The van der Waals surface area contributed by atoms with Crippen molar-refractivity contribution in [3.05, 3.63) is 57.2 Å². The van der Waals surface area contributed by atoms with E-state index in [4.69, 9.17) is 0 Å². The van der Waals surface area contributed by atoms with Crippen LogP contribution in [0.5, 0.6) is 5.75 Å². The topological polar surface area (TPSA) is 32.3 Å². The SMILES string of the molecule is Cc1ccc(O)c(C(C)Nc2ccc(I)cc2)c1. The molecule has 2 aromatic carbocycles. The van der Waals surface area contributed by atoms with E-state index in [0.717, 1.165) is 16.8 Å². The van der Waals surface area contributed by atoms with Crippen molar-refractivity contribution in [3.8, 4) is 5.75 Å². The molecule has 0 aliphatic carbocycles. The van der Waals surface area contributed by atoms with Crippen LogP contribution in [0.1, 0.15) is 24.1 Å². The Bertz CT molecular complexity index is 537. The molecular weight excluding hydrogens is 337 g/mol. The molecule has 1 atom stereocenters. The van der Waals surface area contributed by atoms with Crippen LogP contribution in [0.25, 0.3) is 0 Å². The molecule has 2 aromatic rings. The van der Waals surface area contributed by atoms with Gasteiger partial charge in [0, 0.05) is 14.8 Å². The van der Waals surface area contributed by atoms with Gasteiger partial charge in [-0.2, -0.15) is 0 Å². The second kappa shape index (κ2) is 5.61. The molecule has 2 nitrogen and oxygen atoms in total. The fourth-order valence-electron chi connectivity index (χ4n) is 1.89. The first kappa shape index (κ1) is 13.2. The number of aryl methyl sites for hydroxylation is 1. The van der Waals surface area contributed by atoms with Crippen molar-refractivity contribution < 1.29 is 5.11 Å². The van der Waals surface area contributed by atoms with Gasteiger partial charge in [0.1, 0.15) is 5.75 Å². The van der Waals surface area contributed by atoms with Crippen molar-refractivity contribution >= 4 is 28.3 Å². The summed E-state index contributed by atoms with van der Waals surface area (Å²) in [6.07, 6.45) is 0. The summed E-state index contributed by atoms with van der Waals surface area (Å²) in [5, 5.41) is 13.3. The summed E-state index contributed by atoms with van der Waals surface area (Å²) in [6, 6.07) is 14.0. The summed E-state index contributed by atoms with van der Waals surface area (Å²) < 4.78 is 1.21. The Hall–Kier alpha value is -1.23. The molecule has 3 heteroatoms. The highest BCUT2D eigenvalue weighted by Gasteiger charge is 2.10. The van der Waals surface area contributed by atoms with E-state index in [1.165, 1.54) is 3.57 Å². The Morgan fingerprint density at radius 2 is 1.78 bits per heavy atom. The lowest BCUT2D eigenvalue weighted by molar-refractivity contribution is 0.465. The minimum atomic E-state index is 0.0740. The molecule has 0 aromatic heterocycles. The largest absolute Gasteiger partial charge is 0.508 e. The number of nitrogens with one attached hydrogen (secondary N) is 1. The molecule has 0 aliphatic rings. The van der Waals surface area contributed by atoms with Crippen molar-refractivity contribution in [1.29, 1.82) is 0 Å². The van der Waals surface area contributed by atoms with Crippen molar-refractivity contribution in [2.45, 2.75) is 19.9 Å². The van der Waals surface area contributed by atoms with Gasteiger partial charge in [0.25, 0.3) is 0 Å². The van der Waals surface area contributed by atoms with Crippen molar-refractivity contribution in [2.75, 3.05) is 5.32 Å². The number of benzene rings is 2. The highest BCUT2D eigenvalue weighted by Crippen LogP contribution is 2.27. The van der Waals surface area contributed by atoms with Gasteiger partial charge < -0.3 is 10.4 Å². The van der Waals surface area contributed by atoms with E-state index in [1.54, 1.807) is 6.07 Å². The molecule has 0 spiro atoms. The van der Waals surface area contributed by atoms with Crippen molar-refractivity contribution in [3.63, 3.8) is 0 Å². The fraction of sp³-hybridized carbons (Fsp3) is 0.200. The Kier molecular flexibility index (Phi) is 4.11. The third-order valence-corrected chi connectivity index (χ3v) is 3.60. The monoisotopic (exact) mass is 353 g/mol. The Labute approximate surface area is 121 Å². The molecule has 0 radical (unpaired) electrons. The van der Waals surface area contributed by atoms with E-state index >= 15 is 0 Å². The molecule has 2 rings (SSSR count). The van der Waals surface area contributed by atoms with E-state index in [2.05, 4.69) is 40.0 Å². The third kappa shape index (κ3) is 3.16. The predicted molar refractivity (Wildman–Crippen MR) is 84.0 cm³/mol. The van der Waals surface area contributed by atoms with Gasteiger partial charge in [0.05, 0.1) is 6.04 Å². The molecule has 0 bridgehead atoms. The van der Waals surface area contributed by atoms with E-state index in [-0.39, 0.29) is 6.04 Å². The zero-order valence-corrected chi connectivity index (χ0v) is 12.6. The highest BCUT2D eigenvalue weighted by molar-refractivity contribution is 14.1. The standard InChI is InChI=1S/C15H16INO/c1-10-3-8-15(18)14(9-10)11(2)17-13-6-4-12(16)5-7-13/h3-9,11,17-18H,1-2H3. The van der Waals surface area contributed by atoms with Crippen LogP contribution in [-0.4, -0.2) is 5.11 Å². The van der Waals surface area contributed by atoms with Gasteiger partial charge >= 0.3 is 0 Å². The number of hydrogen-bond acceptors (Lipinski definition) is 2. The zero-order valence-electron chi connectivity index (χ0n) is 10.4. The van der Waals surface area contributed by atoms with Crippen LogP contribution in [0.4, 0.5) is 5.69 Å². The summed E-state index contributed by atoms with van der Waals surface area (Å²) in [7, 11) is 0. The molecule has 0 aliphatic heterocycles. The van der Waals surface area contributed by atoms with Crippen LogP contribution in [0.15, 0.2) is 42.5 Å². The number of hydrogen-bond donors (Lipinski definition) is 2. The molecule has 0 amide bonds. The van der Waals surface area contributed by atoms with E-state index in [0.29, 0.717) is 5.75 Å². The first-order valence-corrected chi connectivity index (χ1v) is 6.96. The summed E-state index contributed by atoms with van der Waals surface area (Å²) in [5.41, 5.74) is 3.14. The van der Waals surface area contributed by atoms with Crippen LogP contribution < -0.4 is 5.32 Å². The summed E-state index contributed by atoms with van der Waals surface area (Å²) in [6.45, 7) is 4.08. The Morgan fingerprint density at radius 1 is 1.11 bits per heavy atom. The minimum absolute atomic E-state index is 0.0740. The lowest BCUT2D eigenvalue weighted by atomic mass is 10.0.